The molecule has 0 spiro atoms. The molecule has 0 bridgehead atoms. The van der Waals surface area contributed by atoms with Crippen LogP contribution in [0.25, 0.3) is 0 Å². The predicted molar refractivity (Wildman–Crippen MR) is 111 cm³/mol. The minimum Gasteiger partial charge on any atom is -0.487 e. The number of fused-ring (bicyclic) bond motifs is 1. The molecule has 3 rings (SSSR count). The smallest absolute Gasteiger partial charge is 0.248 e. The van der Waals surface area contributed by atoms with E-state index in [1.165, 1.54) is 0 Å². The molecule has 7 nitrogen and oxygen atoms in total. The number of nitrogens with one attached hydrogen (secondary N) is 2. The van der Waals surface area contributed by atoms with Crippen LogP contribution in [-0.4, -0.2) is 28.2 Å². The van der Waals surface area contributed by atoms with Crippen molar-refractivity contribution in [1.82, 2.24) is 20.8 Å². The number of hydrogen-bond acceptors (Lipinski definition) is 5. The van der Waals surface area contributed by atoms with Crippen molar-refractivity contribution in [2.45, 2.75) is 52.3 Å². The lowest BCUT2D eigenvalue weighted by Crippen LogP contribution is -2.45. The molecule has 1 aromatic carbocycles. The molecule has 0 aliphatic carbocycles. The van der Waals surface area contributed by atoms with E-state index in [4.69, 9.17) is 9.26 Å². The first-order chi connectivity index (χ1) is 12.0. The summed E-state index contributed by atoms with van der Waals surface area (Å²) in [5, 5.41) is 10.6. The molecule has 142 valence electrons. The van der Waals surface area contributed by atoms with Gasteiger partial charge in [0.25, 0.3) is 0 Å². The molecule has 2 N–H and O–H groups in total. The van der Waals surface area contributed by atoms with Gasteiger partial charge in [0.1, 0.15) is 17.9 Å². The summed E-state index contributed by atoms with van der Waals surface area (Å²) in [7, 11) is 0. The van der Waals surface area contributed by atoms with Gasteiger partial charge in [0.2, 0.25) is 5.89 Å². The van der Waals surface area contributed by atoms with Crippen LogP contribution in [0, 0.1) is 6.92 Å². The van der Waals surface area contributed by atoms with Crippen LogP contribution in [0.5, 0.6) is 5.75 Å². The maximum absolute atomic E-state index is 6.09. The minimum atomic E-state index is -0.243. The highest BCUT2D eigenvalue weighted by Gasteiger charge is 2.33. The lowest BCUT2D eigenvalue weighted by molar-refractivity contribution is 0.0694. The van der Waals surface area contributed by atoms with Gasteiger partial charge < -0.3 is 19.9 Å². The highest BCUT2D eigenvalue weighted by atomic mass is 127. The number of aliphatic imine (C=N–C) groups is 1. The summed E-state index contributed by atoms with van der Waals surface area (Å²) in [4.78, 5) is 8.76. The third kappa shape index (κ3) is 5.09. The van der Waals surface area contributed by atoms with Crippen molar-refractivity contribution in [3.8, 4) is 5.75 Å². The number of ether oxygens (including phenoxy) is 1. The summed E-state index contributed by atoms with van der Waals surface area (Å²) < 4.78 is 11.2. The number of benzene rings is 1. The molecule has 2 aromatic rings. The Morgan fingerprint density at radius 2 is 2.12 bits per heavy atom. The topological polar surface area (TPSA) is 84.6 Å². The predicted octanol–water partition coefficient (Wildman–Crippen LogP) is 3.35. The van der Waals surface area contributed by atoms with Crippen molar-refractivity contribution in [1.29, 1.82) is 0 Å². The number of hydrogen-bond donors (Lipinski definition) is 2. The van der Waals surface area contributed by atoms with Gasteiger partial charge in [-0.3, -0.25) is 0 Å². The standard InChI is InChI=1S/C18H25N5O2.HI/c1-5-19-17(20-11-16-21-12(2)23-25-16)22-14-10-18(3,4)24-15-9-7-6-8-13(14)15;/h6-9,14H,5,10-11H2,1-4H3,(H2,19,20,22);1H. The lowest BCUT2D eigenvalue weighted by Gasteiger charge is -2.38. The van der Waals surface area contributed by atoms with Gasteiger partial charge in [0.05, 0.1) is 6.04 Å². The largest absolute Gasteiger partial charge is 0.487 e. The average Bonchev–Trinajstić information content (AvgIpc) is 2.97. The van der Waals surface area contributed by atoms with Gasteiger partial charge >= 0.3 is 0 Å². The Bertz CT molecular complexity index is 760. The summed E-state index contributed by atoms with van der Waals surface area (Å²) in [5.41, 5.74) is 0.897. The normalized spacial score (nSPS) is 18.3. The van der Waals surface area contributed by atoms with E-state index in [-0.39, 0.29) is 35.6 Å². The van der Waals surface area contributed by atoms with Crippen LogP contribution in [0.2, 0.25) is 0 Å². The van der Waals surface area contributed by atoms with Crippen LogP contribution in [-0.2, 0) is 6.54 Å². The monoisotopic (exact) mass is 471 g/mol. The highest BCUT2D eigenvalue weighted by molar-refractivity contribution is 14.0. The second-order valence-electron chi connectivity index (χ2n) is 6.73. The zero-order valence-corrected chi connectivity index (χ0v) is 17.9. The van der Waals surface area contributed by atoms with E-state index >= 15 is 0 Å². The fourth-order valence-corrected chi connectivity index (χ4v) is 2.97. The minimum absolute atomic E-state index is 0. The molecule has 1 aliphatic rings. The molecular formula is C18H26IN5O2. The Morgan fingerprint density at radius 1 is 1.35 bits per heavy atom. The number of rotatable bonds is 4. The van der Waals surface area contributed by atoms with E-state index in [0.29, 0.717) is 18.3 Å². The first kappa shape index (κ1) is 20.5. The number of halogens is 1. The number of para-hydroxylation sites is 1. The molecule has 0 saturated heterocycles. The molecule has 1 atom stereocenters. The van der Waals surface area contributed by atoms with Crippen molar-refractivity contribution in [2.24, 2.45) is 4.99 Å². The molecule has 0 amide bonds. The first-order valence-electron chi connectivity index (χ1n) is 8.59. The third-order valence-corrected chi connectivity index (χ3v) is 3.97. The van der Waals surface area contributed by atoms with Gasteiger partial charge in [-0.25, -0.2) is 4.99 Å². The Morgan fingerprint density at radius 3 is 2.81 bits per heavy atom. The summed E-state index contributed by atoms with van der Waals surface area (Å²) in [5.74, 6) is 2.75. The Labute approximate surface area is 171 Å². The fraction of sp³-hybridized carbons (Fsp3) is 0.500. The second-order valence-corrected chi connectivity index (χ2v) is 6.73. The zero-order chi connectivity index (χ0) is 17.9. The van der Waals surface area contributed by atoms with Gasteiger partial charge in [-0.05, 0) is 33.8 Å². The molecule has 1 aromatic heterocycles. The van der Waals surface area contributed by atoms with Crippen LogP contribution in [0.15, 0.2) is 33.8 Å². The molecule has 1 aliphatic heterocycles. The number of guanidine groups is 1. The van der Waals surface area contributed by atoms with E-state index < -0.39 is 0 Å². The van der Waals surface area contributed by atoms with Crippen LogP contribution in [0.1, 0.15) is 50.5 Å². The third-order valence-electron chi connectivity index (χ3n) is 3.97. The molecule has 1 unspecified atom stereocenters. The van der Waals surface area contributed by atoms with Gasteiger partial charge in [0.15, 0.2) is 11.8 Å². The second kappa shape index (κ2) is 8.70. The Kier molecular flexibility index (Phi) is 6.85. The van der Waals surface area contributed by atoms with Crippen molar-refractivity contribution in [3.63, 3.8) is 0 Å². The number of nitrogens with zero attached hydrogens (tertiary/aromatic N) is 3. The maximum Gasteiger partial charge on any atom is 0.248 e. The molecule has 2 heterocycles. The molecule has 8 heteroatoms. The summed E-state index contributed by atoms with van der Waals surface area (Å²) in [6.07, 6.45) is 0.841. The van der Waals surface area contributed by atoms with E-state index in [9.17, 15) is 0 Å². The molecule has 26 heavy (non-hydrogen) atoms. The first-order valence-corrected chi connectivity index (χ1v) is 8.59. The van der Waals surface area contributed by atoms with Crippen LogP contribution in [0.4, 0.5) is 0 Å². The van der Waals surface area contributed by atoms with Gasteiger partial charge in [-0.1, -0.05) is 23.4 Å². The molecule has 0 saturated carbocycles. The quantitative estimate of drug-likeness (QED) is 0.404. The van der Waals surface area contributed by atoms with Crippen molar-refractivity contribution in [2.75, 3.05) is 6.54 Å². The highest BCUT2D eigenvalue weighted by Crippen LogP contribution is 2.39. The Balaban J connectivity index is 0.00000243. The van der Waals surface area contributed by atoms with E-state index in [1.54, 1.807) is 6.92 Å². The van der Waals surface area contributed by atoms with E-state index in [2.05, 4.69) is 45.7 Å². The average molecular weight is 471 g/mol. The van der Waals surface area contributed by atoms with Gasteiger partial charge in [-0.2, -0.15) is 4.98 Å². The summed E-state index contributed by atoms with van der Waals surface area (Å²) in [6, 6.07) is 8.24. The summed E-state index contributed by atoms with van der Waals surface area (Å²) >= 11 is 0. The molecule has 0 fully saturated rings. The van der Waals surface area contributed by atoms with Crippen molar-refractivity contribution in [3.05, 3.63) is 41.5 Å². The zero-order valence-electron chi connectivity index (χ0n) is 15.6. The Hall–Kier alpha value is -1.84. The van der Waals surface area contributed by atoms with Gasteiger partial charge in [0, 0.05) is 18.5 Å². The SMILES string of the molecule is CCNC(=NCc1nc(C)no1)NC1CC(C)(C)Oc2ccccc21.I. The van der Waals surface area contributed by atoms with Crippen molar-refractivity contribution < 1.29 is 9.26 Å². The maximum atomic E-state index is 6.09. The fourth-order valence-electron chi connectivity index (χ4n) is 2.97. The molecular weight excluding hydrogens is 445 g/mol. The summed E-state index contributed by atoms with van der Waals surface area (Å²) in [6.45, 7) is 9.14. The van der Waals surface area contributed by atoms with Gasteiger partial charge in [-0.15, -0.1) is 24.0 Å². The number of aromatic nitrogens is 2. The van der Waals surface area contributed by atoms with E-state index in [1.807, 2.05) is 25.1 Å². The van der Waals surface area contributed by atoms with E-state index in [0.717, 1.165) is 30.2 Å². The van der Waals surface area contributed by atoms with Crippen molar-refractivity contribution >= 4 is 29.9 Å². The van der Waals surface area contributed by atoms with Crippen LogP contribution < -0.4 is 15.4 Å². The molecule has 0 radical (unpaired) electrons. The van der Waals surface area contributed by atoms with Crippen LogP contribution in [0.3, 0.4) is 0 Å². The van der Waals surface area contributed by atoms with Crippen LogP contribution >= 0.6 is 24.0 Å². The number of aryl methyl sites for hydroxylation is 1. The lowest BCUT2D eigenvalue weighted by atomic mass is 9.90.